The molecule has 2 heterocycles. The Labute approximate surface area is 159 Å². The van der Waals surface area contributed by atoms with Crippen LogP contribution in [0.2, 0.25) is 10.0 Å². The van der Waals surface area contributed by atoms with Crippen molar-refractivity contribution in [3.63, 3.8) is 0 Å². The van der Waals surface area contributed by atoms with Crippen molar-refractivity contribution in [1.82, 2.24) is 9.55 Å². The van der Waals surface area contributed by atoms with Crippen molar-refractivity contribution in [2.75, 3.05) is 5.43 Å². The predicted molar refractivity (Wildman–Crippen MR) is 106 cm³/mol. The molecule has 1 N–H and O–H groups in total. The number of para-hydroxylation sites is 2. The van der Waals surface area contributed by atoms with Crippen LogP contribution in [-0.4, -0.2) is 15.8 Å². The maximum absolute atomic E-state index is 6.20. The topological polar surface area (TPSA) is 55.4 Å². The molecule has 0 aliphatic rings. The molecule has 4 aromatic rings. The van der Waals surface area contributed by atoms with Crippen LogP contribution in [0.15, 0.2) is 64.1 Å². The summed E-state index contributed by atoms with van der Waals surface area (Å²) >= 11 is 12.2. The van der Waals surface area contributed by atoms with E-state index in [1.165, 1.54) is 0 Å². The molecule has 0 bridgehead atoms. The van der Waals surface area contributed by atoms with E-state index in [-0.39, 0.29) is 0 Å². The molecule has 2 aromatic carbocycles. The average molecular weight is 385 g/mol. The third-order valence-electron chi connectivity index (χ3n) is 3.96. The molecule has 0 aliphatic heterocycles. The Hall–Kier alpha value is -2.76. The highest BCUT2D eigenvalue weighted by Gasteiger charge is 2.09. The number of benzene rings is 2. The minimum Gasteiger partial charge on any atom is -0.455 e. The highest BCUT2D eigenvalue weighted by molar-refractivity contribution is 6.35. The number of aromatic nitrogens is 2. The molecule has 26 heavy (non-hydrogen) atoms. The van der Waals surface area contributed by atoms with Gasteiger partial charge in [0.05, 0.1) is 22.3 Å². The van der Waals surface area contributed by atoms with Crippen LogP contribution in [0, 0.1) is 0 Å². The zero-order valence-corrected chi connectivity index (χ0v) is 15.3. The first-order valence-corrected chi connectivity index (χ1v) is 8.63. The summed E-state index contributed by atoms with van der Waals surface area (Å²) in [6, 6.07) is 16.8. The number of halogens is 2. The van der Waals surface area contributed by atoms with Gasteiger partial charge in [-0.2, -0.15) is 5.10 Å². The number of hydrazone groups is 1. The van der Waals surface area contributed by atoms with Gasteiger partial charge in [0, 0.05) is 17.6 Å². The Kier molecular flexibility index (Phi) is 4.41. The fourth-order valence-corrected chi connectivity index (χ4v) is 3.04. The Morgan fingerprint density at radius 2 is 1.96 bits per heavy atom. The van der Waals surface area contributed by atoms with Crippen LogP contribution >= 0.6 is 23.2 Å². The number of aryl methyl sites for hydroxylation is 1. The van der Waals surface area contributed by atoms with Crippen molar-refractivity contribution in [1.29, 1.82) is 0 Å². The van der Waals surface area contributed by atoms with Gasteiger partial charge in [-0.1, -0.05) is 35.3 Å². The van der Waals surface area contributed by atoms with Crippen molar-refractivity contribution >= 4 is 46.4 Å². The van der Waals surface area contributed by atoms with E-state index < -0.39 is 0 Å². The van der Waals surface area contributed by atoms with Crippen molar-refractivity contribution in [2.45, 2.75) is 0 Å². The third-order valence-corrected chi connectivity index (χ3v) is 4.53. The molecule has 0 amide bonds. The molecular weight excluding hydrogens is 371 g/mol. The van der Waals surface area contributed by atoms with E-state index >= 15 is 0 Å². The summed E-state index contributed by atoms with van der Waals surface area (Å²) in [6.07, 6.45) is 1.58. The molecule has 7 heteroatoms. The van der Waals surface area contributed by atoms with E-state index in [2.05, 4.69) is 15.5 Å². The number of hydrogen-bond donors (Lipinski definition) is 1. The maximum Gasteiger partial charge on any atom is 0.224 e. The molecule has 0 saturated heterocycles. The quantitative estimate of drug-likeness (QED) is 0.368. The zero-order chi connectivity index (χ0) is 18.1. The molecule has 2 aromatic heterocycles. The minimum absolute atomic E-state index is 0.574. The maximum atomic E-state index is 6.20. The number of fused-ring (bicyclic) bond motifs is 1. The summed E-state index contributed by atoms with van der Waals surface area (Å²) in [6.45, 7) is 0. The lowest BCUT2D eigenvalue weighted by atomic mass is 10.2. The fourth-order valence-electron chi connectivity index (χ4n) is 2.65. The van der Waals surface area contributed by atoms with Gasteiger partial charge in [0.1, 0.15) is 11.5 Å². The number of furan rings is 1. The Morgan fingerprint density at radius 1 is 1.12 bits per heavy atom. The standard InChI is InChI=1S/C19H14Cl2N4O/c1-25-17-5-3-2-4-16(17)23-19(25)24-22-11-13-7-9-18(26-13)14-10-12(20)6-8-15(14)21/h2-11H,1H3,(H,23,24)/b22-11-. The van der Waals surface area contributed by atoms with Crippen LogP contribution in [0.1, 0.15) is 5.76 Å². The van der Waals surface area contributed by atoms with Gasteiger partial charge in [0.15, 0.2) is 0 Å². The fraction of sp³-hybridized carbons (Fsp3) is 0.0526. The van der Waals surface area contributed by atoms with Crippen LogP contribution in [0.3, 0.4) is 0 Å². The lowest BCUT2D eigenvalue weighted by molar-refractivity contribution is 0.575. The SMILES string of the molecule is Cn1c(N/N=C\c2ccc(-c3cc(Cl)ccc3Cl)o2)nc2ccccc21. The van der Waals surface area contributed by atoms with Gasteiger partial charge < -0.3 is 8.98 Å². The van der Waals surface area contributed by atoms with Gasteiger partial charge in [0.25, 0.3) is 0 Å². The monoisotopic (exact) mass is 384 g/mol. The van der Waals surface area contributed by atoms with Gasteiger partial charge in [-0.3, -0.25) is 0 Å². The first-order chi connectivity index (χ1) is 12.6. The van der Waals surface area contributed by atoms with Crippen molar-refractivity contribution in [3.05, 3.63) is 70.4 Å². The largest absolute Gasteiger partial charge is 0.455 e. The van der Waals surface area contributed by atoms with E-state index in [1.54, 1.807) is 24.4 Å². The van der Waals surface area contributed by atoms with Crippen LogP contribution in [0.4, 0.5) is 5.95 Å². The number of anilines is 1. The van der Waals surface area contributed by atoms with Gasteiger partial charge in [-0.25, -0.2) is 10.4 Å². The van der Waals surface area contributed by atoms with Gasteiger partial charge in [0.2, 0.25) is 5.95 Å². The van der Waals surface area contributed by atoms with Crippen LogP contribution < -0.4 is 5.43 Å². The molecule has 0 atom stereocenters. The van der Waals surface area contributed by atoms with Crippen LogP contribution in [-0.2, 0) is 7.05 Å². The van der Waals surface area contributed by atoms with E-state index in [9.17, 15) is 0 Å². The van der Waals surface area contributed by atoms with E-state index in [4.69, 9.17) is 27.6 Å². The van der Waals surface area contributed by atoms with Crippen molar-refractivity contribution in [2.24, 2.45) is 12.1 Å². The summed E-state index contributed by atoms with van der Waals surface area (Å²) in [5, 5.41) is 5.37. The Balaban J connectivity index is 1.53. The highest BCUT2D eigenvalue weighted by Crippen LogP contribution is 2.31. The molecule has 0 saturated carbocycles. The summed E-state index contributed by atoms with van der Waals surface area (Å²) in [5.41, 5.74) is 5.61. The lowest BCUT2D eigenvalue weighted by Gasteiger charge is -2.01. The summed E-state index contributed by atoms with van der Waals surface area (Å²) in [5.74, 6) is 1.86. The molecule has 130 valence electrons. The molecule has 0 unspecified atom stereocenters. The number of nitrogens with zero attached hydrogens (tertiary/aromatic N) is 3. The summed E-state index contributed by atoms with van der Waals surface area (Å²) in [7, 11) is 1.93. The Morgan fingerprint density at radius 3 is 2.81 bits per heavy atom. The second-order valence-electron chi connectivity index (χ2n) is 5.68. The summed E-state index contributed by atoms with van der Waals surface area (Å²) < 4.78 is 7.71. The van der Waals surface area contributed by atoms with E-state index in [1.807, 2.05) is 48.0 Å². The molecular formula is C19H14Cl2N4O. The second-order valence-corrected chi connectivity index (χ2v) is 6.52. The zero-order valence-electron chi connectivity index (χ0n) is 13.8. The Bertz CT molecular complexity index is 1110. The number of rotatable bonds is 4. The minimum atomic E-state index is 0.574. The van der Waals surface area contributed by atoms with E-state index in [0.29, 0.717) is 27.5 Å². The molecule has 0 radical (unpaired) electrons. The molecule has 0 aliphatic carbocycles. The highest BCUT2D eigenvalue weighted by atomic mass is 35.5. The normalized spacial score (nSPS) is 11.5. The van der Waals surface area contributed by atoms with Crippen LogP contribution in [0.5, 0.6) is 0 Å². The van der Waals surface area contributed by atoms with Gasteiger partial charge in [-0.05, 0) is 42.5 Å². The van der Waals surface area contributed by atoms with Crippen molar-refractivity contribution < 1.29 is 4.42 Å². The predicted octanol–water partition coefficient (Wildman–Crippen LogP) is 5.59. The average Bonchev–Trinajstić information content (AvgIpc) is 3.23. The summed E-state index contributed by atoms with van der Waals surface area (Å²) in [4.78, 5) is 4.49. The number of imidazole rings is 1. The number of hydrogen-bond acceptors (Lipinski definition) is 4. The number of nitrogens with one attached hydrogen (secondary N) is 1. The van der Waals surface area contributed by atoms with Crippen molar-refractivity contribution in [3.8, 4) is 11.3 Å². The smallest absolute Gasteiger partial charge is 0.224 e. The molecule has 5 nitrogen and oxygen atoms in total. The first kappa shape index (κ1) is 16.7. The van der Waals surface area contributed by atoms with Crippen LogP contribution in [0.25, 0.3) is 22.4 Å². The molecule has 4 rings (SSSR count). The van der Waals surface area contributed by atoms with E-state index in [0.717, 1.165) is 16.6 Å². The third kappa shape index (κ3) is 3.19. The molecule has 0 fully saturated rings. The first-order valence-electron chi connectivity index (χ1n) is 7.87. The van der Waals surface area contributed by atoms with Gasteiger partial charge >= 0.3 is 0 Å². The second kappa shape index (κ2) is 6.86. The van der Waals surface area contributed by atoms with Gasteiger partial charge in [-0.15, -0.1) is 0 Å². The lowest BCUT2D eigenvalue weighted by Crippen LogP contribution is -1.98. The molecule has 0 spiro atoms.